The van der Waals surface area contributed by atoms with Gasteiger partial charge in [0.15, 0.2) is 5.54 Å². The van der Waals surface area contributed by atoms with Gasteiger partial charge in [0.05, 0.1) is 13.2 Å². The first-order chi connectivity index (χ1) is 19.9. The van der Waals surface area contributed by atoms with Gasteiger partial charge in [0.1, 0.15) is 11.9 Å². The van der Waals surface area contributed by atoms with E-state index in [0.29, 0.717) is 48.2 Å². The maximum Gasteiger partial charge on any atom is 0.266 e. The summed E-state index contributed by atoms with van der Waals surface area (Å²) in [5.41, 5.74) is 16.8. The lowest BCUT2D eigenvalue weighted by atomic mass is 9.84. The van der Waals surface area contributed by atoms with Gasteiger partial charge >= 0.3 is 0 Å². The molecular formula is C30H33ClN6O4. The summed E-state index contributed by atoms with van der Waals surface area (Å²) in [6, 6.07) is 22.4. The topological polar surface area (TPSA) is 141 Å². The van der Waals surface area contributed by atoms with E-state index in [1.54, 1.807) is 12.1 Å². The van der Waals surface area contributed by atoms with Crippen LogP contribution in [-0.2, 0) is 28.9 Å². The molecule has 3 aromatic rings. The molecule has 1 aliphatic rings. The quantitative estimate of drug-likeness (QED) is 0.0821. The summed E-state index contributed by atoms with van der Waals surface area (Å²) in [5.74, 6) is 0.670. The molecule has 11 heteroatoms. The Morgan fingerprint density at radius 1 is 1.17 bits per heavy atom. The Hall–Kier alpha value is -4.08. The number of hydrogen-bond acceptors (Lipinski definition) is 7. The van der Waals surface area contributed by atoms with Crippen LogP contribution >= 0.6 is 11.6 Å². The Kier molecular flexibility index (Phi) is 10.6. The Morgan fingerprint density at radius 3 is 2.68 bits per heavy atom. The SMILES string of the molecule is C[C@@H]1OC(c2ccc(OCCCO)cc2)=N[C@]1(Cc1ccccc1CN=[N+]=[N-])C(=O)NNCCc1cccc(Cl)c1. The summed E-state index contributed by atoms with van der Waals surface area (Å²) in [5, 5.41) is 13.4. The van der Waals surface area contributed by atoms with Gasteiger partial charge in [0, 0.05) is 41.5 Å². The van der Waals surface area contributed by atoms with E-state index in [0.717, 1.165) is 16.7 Å². The zero-order valence-electron chi connectivity index (χ0n) is 22.8. The maximum atomic E-state index is 13.8. The monoisotopic (exact) mass is 576 g/mol. The molecule has 3 aromatic carbocycles. The molecule has 4 rings (SSSR count). The molecule has 3 N–H and O–H groups in total. The van der Waals surface area contributed by atoms with Crippen molar-refractivity contribution in [1.29, 1.82) is 0 Å². The minimum Gasteiger partial charge on any atom is -0.494 e. The summed E-state index contributed by atoms with van der Waals surface area (Å²) in [4.78, 5) is 21.6. The van der Waals surface area contributed by atoms with Crippen molar-refractivity contribution in [2.75, 3.05) is 19.8 Å². The highest BCUT2D eigenvalue weighted by atomic mass is 35.5. The van der Waals surface area contributed by atoms with Crippen molar-refractivity contribution in [2.24, 2.45) is 10.1 Å². The number of hydrogen-bond donors (Lipinski definition) is 3. The molecule has 2 atom stereocenters. The fourth-order valence-corrected chi connectivity index (χ4v) is 4.79. The number of halogens is 1. The first-order valence-electron chi connectivity index (χ1n) is 13.4. The zero-order valence-corrected chi connectivity index (χ0v) is 23.6. The number of nitrogens with zero attached hydrogens (tertiary/aromatic N) is 4. The van der Waals surface area contributed by atoms with Gasteiger partial charge in [0.25, 0.3) is 5.91 Å². The van der Waals surface area contributed by atoms with E-state index in [-0.39, 0.29) is 25.5 Å². The molecular weight excluding hydrogens is 544 g/mol. The summed E-state index contributed by atoms with van der Waals surface area (Å²) >= 11 is 6.09. The van der Waals surface area contributed by atoms with Crippen LogP contribution < -0.4 is 15.6 Å². The molecule has 214 valence electrons. The van der Waals surface area contributed by atoms with E-state index < -0.39 is 11.6 Å². The number of nitrogens with one attached hydrogen (secondary N) is 2. The maximum absolute atomic E-state index is 13.8. The van der Waals surface area contributed by atoms with E-state index in [9.17, 15) is 4.79 Å². The Balaban J connectivity index is 1.57. The standard InChI is InChI=1S/C30H33ClN6O4/c1-21-30(19-24-7-2-3-8-25(24)20-34-37-32,29(39)36-33-15-14-22-6-4-9-26(31)18-22)35-28(41-21)23-10-12-27(13-11-23)40-17-5-16-38/h2-4,6-13,18,21,33,38H,5,14-17,19-20H2,1H3,(H,36,39)/t21-,30-/m0/s1. The minimum absolute atomic E-state index is 0.0617. The Morgan fingerprint density at radius 2 is 1.95 bits per heavy atom. The van der Waals surface area contributed by atoms with E-state index in [1.807, 2.05) is 67.6 Å². The van der Waals surface area contributed by atoms with Crippen LogP contribution in [0.3, 0.4) is 0 Å². The molecule has 0 saturated heterocycles. The Bertz CT molecular complexity index is 1410. The number of ether oxygens (including phenoxy) is 2. The average molecular weight is 577 g/mol. The normalized spacial score (nSPS) is 17.7. The molecule has 0 unspecified atom stereocenters. The fraction of sp³-hybridized carbons (Fsp3) is 0.333. The summed E-state index contributed by atoms with van der Waals surface area (Å²) < 4.78 is 11.8. The van der Waals surface area contributed by atoms with Crippen LogP contribution in [0.15, 0.2) is 82.9 Å². The van der Waals surface area contributed by atoms with Gasteiger partial charge < -0.3 is 14.6 Å². The predicted octanol–water partition coefficient (Wildman–Crippen LogP) is 4.92. The average Bonchev–Trinajstić information content (AvgIpc) is 3.32. The molecule has 0 radical (unpaired) electrons. The van der Waals surface area contributed by atoms with E-state index in [2.05, 4.69) is 20.9 Å². The van der Waals surface area contributed by atoms with Crippen LogP contribution in [-0.4, -0.2) is 48.3 Å². The second-order valence-corrected chi connectivity index (χ2v) is 10.1. The van der Waals surface area contributed by atoms with Crippen molar-refractivity contribution < 1.29 is 19.4 Å². The minimum atomic E-state index is -1.29. The van der Waals surface area contributed by atoms with Crippen molar-refractivity contribution >= 4 is 23.4 Å². The number of rotatable bonds is 14. The number of carbonyl (C=O) groups excluding carboxylic acids is 1. The van der Waals surface area contributed by atoms with Crippen LogP contribution in [0.2, 0.25) is 5.02 Å². The molecule has 0 aliphatic carbocycles. The summed E-state index contributed by atoms with van der Waals surface area (Å²) in [6.07, 6.45) is 0.844. The van der Waals surface area contributed by atoms with Crippen LogP contribution in [0.4, 0.5) is 0 Å². The van der Waals surface area contributed by atoms with E-state index in [4.69, 9.17) is 36.7 Å². The van der Waals surface area contributed by atoms with Gasteiger partial charge in [0.2, 0.25) is 5.90 Å². The lowest BCUT2D eigenvalue weighted by Gasteiger charge is -2.29. The third-order valence-electron chi connectivity index (χ3n) is 6.84. The largest absolute Gasteiger partial charge is 0.494 e. The molecule has 41 heavy (non-hydrogen) atoms. The highest BCUT2D eigenvalue weighted by Crippen LogP contribution is 2.33. The first-order valence-corrected chi connectivity index (χ1v) is 13.8. The van der Waals surface area contributed by atoms with Crippen LogP contribution in [0.1, 0.15) is 35.6 Å². The molecule has 0 fully saturated rings. The molecule has 1 heterocycles. The number of azide groups is 1. The predicted molar refractivity (Wildman–Crippen MR) is 158 cm³/mol. The van der Waals surface area contributed by atoms with Gasteiger partial charge in [-0.3, -0.25) is 10.2 Å². The molecule has 0 saturated carbocycles. The molecule has 0 bridgehead atoms. The number of aliphatic imine (C=N–C) groups is 1. The second kappa shape index (κ2) is 14.5. The summed E-state index contributed by atoms with van der Waals surface area (Å²) in [7, 11) is 0. The number of carbonyl (C=O) groups is 1. The highest BCUT2D eigenvalue weighted by molar-refractivity contribution is 6.30. The van der Waals surface area contributed by atoms with Gasteiger partial charge in [-0.1, -0.05) is 53.1 Å². The van der Waals surface area contributed by atoms with Crippen LogP contribution in [0.25, 0.3) is 10.4 Å². The van der Waals surface area contributed by atoms with E-state index >= 15 is 0 Å². The number of benzene rings is 3. The zero-order chi connectivity index (χ0) is 29.1. The highest BCUT2D eigenvalue weighted by Gasteiger charge is 2.50. The van der Waals surface area contributed by atoms with Gasteiger partial charge in [-0.2, -0.15) is 0 Å². The number of aliphatic hydroxyl groups is 1. The number of aliphatic hydroxyl groups excluding tert-OH is 1. The van der Waals surface area contributed by atoms with Crippen molar-refractivity contribution in [3.63, 3.8) is 0 Å². The molecule has 0 spiro atoms. The molecule has 1 amide bonds. The van der Waals surface area contributed by atoms with Crippen LogP contribution in [0, 0.1) is 0 Å². The third kappa shape index (κ3) is 7.77. The molecule has 0 aromatic heterocycles. The van der Waals surface area contributed by atoms with Gasteiger partial charge in [-0.05, 0) is 72.0 Å². The van der Waals surface area contributed by atoms with Crippen molar-refractivity contribution in [3.8, 4) is 5.75 Å². The molecule has 1 aliphatic heterocycles. The summed E-state index contributed by atoms with van der Waals surface area (Å²) in [6.45, 7) is 2.94. The van der Waals surface area contributed by atoms with Crippen molar-refractivity contribution in [2.45, 2.75) is 44.4 Å². The second-order valence-electron chi connectivity index (χ2n) is 9.65. The lowest BCUT2D eigenvalue weighted by Crippen LogP contribution is -2.56. The van der Waals surface area contributed by atoms with Crippen LogP contribution in [0.5, 0.6) is 5.75 Å². The number of amides is 1. The fourth-order valence-electron chi connectivity index (χ4n) is 4.58. The van der Waals surface area contributed by atoms with E-state index in [1.165, 1.54) is 0 Å². The van der Waals surface area contributed by atoms with Crippen molar-refractivity contribution in [1.82, 2.24) is 10.9 Å². The smallest absolute Gasteiger partial charge is 0.266 e. The van der Waals surface area contributed by atoms with Gasteiger partial charge in [-0.15, -0.1) is 0 Å². The first kappa shape index (κ1) is 29.9. The molecule has 10 nitrogen and oxygen atoms in total. The van der Waals surface area contributed by atoms with Gasteiger partial charge in [-0.25, -0.2) is 10.4 Å². The lowest BCUT2D eigenvalue weighted by molar-refractivity contribution is -0.129. The van der Waals surface area contributed by atoms with Crippen molar-refractivity contribution in [3.05, 3.63) is 111 Å². The number of hydrazine groups is 1. The third-order valence-corrected chi connectivity index (χ3v) is 7.07. The Labute approximate surface area is 244 Å².